The van der Waals surface area contributed by atoms with Crippen LogP contribution in [0.15, 0.2) is 43.2 Å². The van der Waals surface area contributed by atoms with Crippen LogP contribution in [0.25, 0.3) is 0 Å². The van der Waals surface area contributed by atoms with Crippen molar-refractivity contribution in [2.75, 3.05) is 17.2 Å². The molecule has 0 radical (unpaired) electrons. The van der Waals surface area contributed by atoms with Crippen LogP contribution in [-0.4, -0.2) is 22.4 Å². The fourth-order valence-electron chi connectivity index (χ4n) is 1.53. The molecule has 2 rings (SSSR count). The summed E-state index contributed by atoms with van der Waals surface area (Å²) in [6.07, 6.45) is 2.99. The molecule has 7 heteroatoms. The van der Waals surface area contributed by atoms with Gasteiger partial charge in [-0.1, -0.05) is 29.3 Å². The molecule has 1 amide bonds. The van der Waals surface area contributed by atoms with Crippen LogP contribution in [-0.2, 0) is 0 Å². The van der Waals surface area contributed by atoms with E-state index in [1.54, 1.807) is 24.3 Å². The van der Waals surface area contributed by atoms with Gasteiger partial charge in [0.15, 0.2) is 0 Å². The normalized spacial score (nSPS) is 10.0. The van der Waals surface area contributed by atoms with Crippen molar-refractivity contribution in [1.82, 2.24) is 9.97 Å². The number of carbonyl (C=O) groups is 1. The van der Waals surface area contributed by atoms with Crippen LogP contribution in [0.4, 0.5) is 11.5 Å². The Hall–Kier alpha value is -2.11. The van der Waals surface area contributed by atoms with E-state index in [9.17, 15) is 4.79 Å². The Kier molecular flexibility index (Phi) is 5.14. The number of hydrogen-bond acceptors (Lipinski definition) is 4. The van der Waals surface area contributed by atoms with E-state index in [0.717, 1.165) is 0 Å². The van der Waals surface area contributed by atoms with Crippen molar-refractivity contribution in [3.63, 3.8) is 0 Å². The van der Waals surface area contributed by atoms with Crippen molar-refractivity contribution in [3.05, 3.63) is 59.0 Å². The van der Waals surface area contributed by atoms with E-state index in [1.807, 2.05) is 0 Å². The van der Waals surface area contributed by atoms with Crippen LogP contribution in [0.3, 0.4) is 0 Å². The number of nitrogens with one attached hydrogen (secondary N) is 2. The van der Waals surface area contributed by atoms with Gasteiger partial charge in [0.1, 0.15) is 17.8 Å². The Morgan fingerprint density at radius 3 is 2.86 bits per heavy atom. The minimum atomic E-state index is -0.400. The molecule has 0 aliphatic rings. The average Bonchev–Trinajstić information content (AvgIpc) is 2.49. The summed E-state index contributed by atoms with van der Waals surface area (Å²) in [5.41, 5.74) is 0.640. The van der Waals surface area contributed by atoms with E-state index in [0.29, 0.717) is 28.1 Å². The Balaban J connectivity index is 2.16. The highest BCUT2D eigenvalue weighted by Crippen LogP contribution is 2.25. The van der Waals surface area contributed by atoms with Gasteiger partial charge in [0.2, 0.25) is 0 Å². The third-order valence-electron chi connectivity index (χ3n) is 2.50. The van der Waals surface area contributed by atoms with Crippen LogP contribution in [0.5, 0.6) is 0 Å². The molecule has 1 aromatic carbocycles. The summed E-state index contributed by atoms with van der Waals surface area (Å²) in [6.45, 7) is 4.13. The van der Waals surface area contributed by atoms with Gasteiger partial charge in [-0.05, 0) is 18.2 Å². The highest BCUT2D eigenvalue weighted by molar-refractivity contribution is 6.35. The van der Waals surface area contributed by atoms with E-state index in [4.69, 9.17) is 23.2 Å². The molecular formula is C14H12Cl2N4O. The molecule has 0 fully saturated rings. The summed E-state index contributed by atoms with van der Waals surface area (Å²) in [7, 11) is 0. The van der Waals surface area contributed by atoms with Crippen LogP contribution in [0.1, 0.15) is 10.5 Å². The van der Waals surface area contributed by atoms with Crippen LogP contribution in [0, 0.1) is 0 Å². The minimum Gasteiger partial charge on any atom is -0.366 e. The van der Waals surface area contributed by atoms with Crippen molar-refractivity contribution in [1.29, 1.82) is 0 Å². The molecule has 0 atom stereocenters. The average molecular weight is 323 g/mol. The molecular weight excluding hydrogens is 311 g/mol. The molecule has 2 N–H and O–H groups in total. The molecule has 0 saturated heterocycles. The van der Waals surface area contributed by atoms with Crippen LogP contribution in [0.2, 0.25) is 10.0 Å². The SMILES string of the molecule is C=CCNc1cc(C(=O)Nc2cc(Cl)ccc2Cl)ncn1. The lowest BCUT2D eigenvalue weighted by atomic mass is 10.3. The Morgan fingerprint density at radius 2 is 2.10 bits per heavy atom. The first-order valence-corrected chi connectivity index (χ1v) is 6.79. The number of nitrogens with zero attached hydrogens (tertiary/aromatic N) is 2. The van der Waals surface area contributed by atoms with Gasteiger partial charge in [-0.2, -0.15) is 0 Å². The molecule has 0 saturated carbocycles. The lowest BCUT2D eigenvalue weighted by Gasteiger charge is -2.08. The van der Waals surface area contributed by atoms with Crippen molar-refractivity contribution in [2.45, 2.75) is 0 Å². The van der Waals surface area contributed by atoms with Gasteiger partial charge in [0.25, 0.3) is 5.91 Å². The summed E-state index contributed by atoms with van der Waals surface area (Å²) in [5.74, 6) is 0.135. The number of rotatable bonds is 5. The van der Waals surface area contributed by atoms with E-state index in [2.05, 4.69) is 27.2 Å². The first-order valence-electron chi connectivity index (χ1n) is 6.03. The molecule has 5 nitrogen and oxygen atoms in total. The van der Waals surface area contributed by atoms with Crippen LogP contribution >= 0.6 is 23.2 Å². The van der Waals surface area contributed by atoms with E-state index in [-0.39, 0.29) is 5.69 Å². The maximum Gasteiger partial charge on any atom is 0.274 e. The zero-order valence-electron chi connectivity index (χ0n) is 10.9. The first kappa shape index (κ1) is 15.3. The molecule has 21 heavy (non-hydrogen) atoms. The molecule has 0 unspecified atom stereocenters. The van der Waals surface area contributed by atoms with Crippen molar-refractivity contribution in [2.24, 2.45) is 0 Å². The molecule has 2 aromatic rings. The van der Waals surface area contributed by atoms with Gasteiger partial charge < -0.3 is 10.6 Å². The lowest BCUT2D eigenvalue weighted by Crippen LogP contribution is -2.15. The zero-order chi connectivity index (χ0) is 15.2. The molecule has 1 aromatic heterocycles. The highest BCUT2D eigenvalue weighted by atomic mass is 35.5. The molecule has 0 aliphatic carbocycles. The second-order valence-corrected chi connectivity index (χ2v) is 4.88. The summed E-state index contributed by atoms with van der Waals surface area (Å²) in [4.78, 5) is 20.1. The lowest BCUT2D eigenvalue weighted by molar-refractivity contribution is 0.102. The minimum absolute atomic E-state index is 0.215. The summed E-state index contributed by atoms with van der Waals surface area (Å²) < 4.78 is 0. The molecule has 108 valence electrons. The molecule has 0 aliphatic heterocycles. The molecule has 1 heterocycles. The summed E-state index contributed by atoms with van der Waals surface area (Å²) >= 11 is 11.9. The smallest absolute Gasteiger partial charge is 0.274 e. The van der Waals surface area contributed by atoms with E-state index >= 15 is 0 Å². The van der Waals surface area contributed by atoms with Crippen molar-refractivity contribution in [3.8, 4) is 0 Å². The van der Waals surface area contributed by atoms with Gasteiger partial charge in [-0.15, -0.1) is 6.58 Å². The standard InChI is InChI=1S/C14H12Cl2N4O/c1-2-5-17-13-7-12(18-8-19-13)14(21)20-11-6-9(15)3-4-10(11)16/h2-4,6-8H,1,5H2,(H,20,21)(H,17,18,19). The Bertz CT molecular complexity index is 676. The van der Waals surface area contributed by atoms with E-state index < -0.39 is 5.91 Å². The first-order chi connectivity index (χ1) is 10.1. The topological polar surface area (TPSA) is 66.9 Å². The van der Waals surface area contributed by atoms with Crippen molar-refractivity contribution >= 4 is 40.6 Å². The summed E-state index contributed by atoms with van der Waals surface area (Å²) in [5, 5.41) is 6.51. The van der Waals surface area contributed by atoms with Crippen LogP contribution < -0.4 is 10.6 Å². The predicted molar refractivity (Wildman–Crippen MR) is 85.1 cm³/mol. The fraction of sp³-hybridized carbons (Fsp3) is 0.0714. The Morgan fingerprint density at radius 1 is 1.29 bits per heavy atom. The fourth-order valence-corrected chi connectivity index (χ4v) is 1.87. The second-order valence-electron chi connectivity index (χ2n) is 4.04. The predicted octanol–water partition coefficient (Wildman–Crippen LogP) is 3.63. The number of amides is 1. The summed E-state index contributed by atoms with van der Waals surface area (Å²) in [6, 6.07) is 6.36. The number of benzene rings is 1. The number of aromatic nitrogens is 2. The van der Waals surface area contributed by atoms with Gasteiger partial charge in [-0.3, -0.25) is 4.79 Å². The van der Waals surface area contributed by atoms with Gasteiger partial charge in [0.05, 0.1) is 10.7 Å². The number of halogens is 2. The number of carbonyl (C=O) groups excluding carboxylic acids is 1. The number of anilines is 2. The van der Waals surface area contributed by atoms with Gasteiger partial charge >= 0.3 is 0 Å². The van der Waals surface area contributed by atoms with Gasteiger partial charge in [-0.25, -0.2) is 9.97 Å². The maximum atomic E-state index is 12.2. The quantitative estimate of drug-likeness (QED) is 0.825. The monoisotopic (exact) mass is 322 g/mol. The van der Waals surface area contributed by atoms with Gasteiger partial charge in [0, 0.05) is 17.6 Å². The third-order valence-corrected chi connectivity index (χ3v) is 3.07. The number of hydrogen-bond donors (Lipinski definition) is 2. The van der Waals surface area contributed by atoms with E-state index in [1.165, 1.54) is 12.4 Å². The molecule has 0 bridgehead atoms. The maximum absolute atomic E-state index is 12.2. The zero-order valence-corrected chi connectivity index (χ0v) is 12.4. The second kappa shape index (κ2) is 7.06. The third kappa shape index (κ3) is 4.18. The Labute approximate surface area is 132 Å². The van der Waals surface area contributed by atoms with Crippen molar-refractivity contribution < 1.29 is 4.79 Å². The molecule has 0 spiro atoms. The largest absolute Gasteiger partial charge is 0.366 e. The highest BCUT2D eigenvalue weighted by Gasteiger charge is 2.11.